The fourth-order valence-electron chi connectivity index (χ4n) is 3.63. The predicted molar refractivity (Wildman–Crippen MR) is 129 cm³/mol. The van der Waals surface area contributed by atoms with Crippen molar-refractivity contribution in [1.82, 2.24) is 4.90 Å². The Hall–Kier alpha value is -3.94. The van der Waals surface area contributed by atoms with Crippen LogP contribution in [0.1, 0.15) is 18.1 Å². The third-order valence-corrected chi connectivity index (χ3v) is 5.37. The van der Waals surface area contributed by atoms with Gasteiger partial charge < -0.3 is 23.7 Å². The lowest BCUT2D eigenvalue weighted by Gasteiger charge is -2.29. The summed E-state index contributed by atoms with van der Waals surface area (Å²) in [5.74, 6) is 2.20. The van der Waals surface area contributed by atoms with Crippen LogP contribution in [-0.2, 0) is 9.53 Å². The van der Waals surface area contributed by atoms with E-state index in [4.69, 9.17) is 23.7 Å². The topological polar surface area (TPSA) is 83.5 Å². The molecule has 0 radical (unpaired) electrons. The van der Waals surface area contributed by atoms with Gasteiger partial charge in [-0.25, -0.2) is 4.79 Å². The number of hydrogen-bond donors (Lipinski definition) is 0. The Labute approximate surface area is 199 Å². The van der Waals surface area contributed by atoms with Crippen LogP contribution in [0.25, 0.3) is 12.2 Å². The van der Waals surface area contributed by atoms with E-state index >= 15 is 0 Å². The van der Waals surface area contributed by atoms with E-state index in [2.05, 4.69) is 0 Å². The molecule has 1 saturated heterocycles. The summed E-state index contributed by atoms with van der Waals surface area (Å²) in [5.41, 5.74) is 2.25. The first kappa shape index (κ1) is 24.7. The van der Waals surface area contributed by atoms with Gasteiger partial charge in [0.25, 0.3) is 0 Å². The van der Waals surface area contributed by atoms with Crippen LogP contribution < -0.4 is 18.9 Å². The lowest BCUT2D eigenvalue weighted by Crippen LogP contribution is -2.41. The molecule has 0 atom stereocenters. The minimum atomic E-state index is -0.491. The first-order valence-electron chi connectivity index (χ1n) is 10.8. The Kier molecular flexibility index (Phi) is 8.19. The van der Waals surface area contributed by atoms with Gasteiger partial charge in [-0.1, -0.05) is 0 Å². The Morgan fingerprint density at radius 2 is 1.29 bits per heavy atom. The van der Waals surface area contributed by atoms with Crippen molar-refractivity contribution in [3.63, 3.8) is 0 Å². The number of likely N-dealkylation sites (tertiary alicyclic amines) is 1. The third kappa shape index (κ3) is 5.51. The zero-order valence-electron chi connectivity index (χ0n) is 20.0. The van der Waals surface area contributed by atoms with Gasteiger partial charge in [0.15, 0.2) is 5.78 Å². The van der Waals surface area contributed by atoms with E-state index in [0.29, 0.717) is 45.3 Å². The molecule has 0 saturated carbocycles. The zero-order chi connectivity index (χ0) is 24.7. The van der Waals surface area contributed by atoms with Crippen LogP contribution in [0.3, 0.4) is 0 Å². The highest BCUT2D eigenvalue weighted by atomic mass is 16.6. The SMILES string of the molecule is CCOC(=O)N1C/C(=C\c2ccc(OC)cc2OC)C(=O)/C(=C/c2ccc(OC)cc2OC)C1. The van der Waals surface area contributed by atoms with Crippen LogP contribution in [-0.4, -0.2) is 64.9 Å². The Morgan fingerprint density at radius 1 is 0.824 bits per heavy atom. The van der Waals surface area contributed by atoms with E-state index in [9.17, 15) is 9.59 Å². The predicted octanol–water partition coefficient (Wildman–Crippen LogP) is 4.23. The monoisotopic (exact) mass is 467 g/mol. The standard InChI is InChI=1S/C26H29NO7/c1-6-34-26(29)27-15-19(11-17-7-9-21(30-2)13-23(17)32-4)25(28)20(16-27)12-18-8-10-22(31-3)14-24(18)33-5/h7-14H,6,15-16H2,1-5H3/b19-11+,20-12+. The summed E-state index contributed by atoms with van der Waals surface area (Å²) < 4.78 is 26.6. The molecule has 8 nitrogen and oxygen atoms in total. The number of Topliss-reactive ketones (excluding diaryl/α,β-unsaturated/α-hetero) is 1. The third-order valence-electron chi connectivity index (χ3n) is 5.37. The largest absolute Gasteiger partial charge is 0.497 e. The van der Waals surface area contributed by atoms with Crippen LogP contribution in [0.15, 0.2) is 47.5 Å². The summed E-state index contributed by atoms with van der Waals surface area (Å²) in [7, 11) is 6.23. The molecule has 180 valence electrons. The molecule has 1 amide bonds. The molecule has 0 unspecified atom stereocenters. The summed E-state index contributed by atoms with van der Waals surface area (Å²) in [6.07, 6.45) is 2.96. The van der Waals surface area contributed by atoms with Crippen molar-refractivity contribution in [3.8, 4) is 23.0 Å². The van der Waals surface area contributed by atoms with E-state index < -0.39 is 6.09 Å². The highest BCUT2D eigenvalue weighted by Crippen LogP contribution is 2.31. The summed E-state index contributed by atoms with van der Waals surface area (Å²) in [6.45, 7) is 2.21. The molecule has 1 aliphatic rings. The minimum Gasteiger partial charge on any atom is -0.497 e. The van der Waals surface area contributed by atoms with Crippen molar-refractivity contribution in [1.29, 1.82) is 0 Å². The van der Waals surface area contributed by atoms with Crippen LogP contribution in [0.5, 0.6) is 23.0 Å². The molecule has 0 aromatic heterocycles. The molecule has 0 N–H and O–H groups in total. The van der Waals surface area contributed by atoms with Crippen molar-refractivity contribution in [2.75, 3.05) is 48.1 Å². The van der Waals surface area contributed by atoms with Gasteiger partial charge in [0.2, 0.25) is 0 Å². The first-order valence-corrected chi connectivity index (χ1v) is 10.8. The van der Waals surface area contributed by atoms with Crippen LogP contribution in [0, 0.1) is 0 Å². The van der Waals surface area contributed by atoms with E-state index in [-0.39, 0.29) is 25.5 Å². The van der Waals surface area contributed by atoms with Crippen molar-refractivity contribution in [2.45, 2.75) is 6.92 Å². The second kappa shape index (κ2) is 11.3. The molecular weight excluding hydrogens is 438 g/mol. The molecule has 34 heavy (non-hydrogen) atoms. The highest BCUT2D eigenvalue weighted by molar-refractivity contribution is 6.15. The van der Waals surface area contributed by atoms with Gasteiger partial charge in [0, 0.05) is 34.4 Å². The van der Waals surface area contributed by atoms with Crippen LogP contribution in [0.4, 0.5) is 4.79 Å². The van der Waals surface area contributed by atoms with E-state index in [1.54, 1.807) is 83.9 Å². The normalized spacial score (nSPS) is 15.9. The maximum atomic E-state index is 13.5. The van der Waals surface area contributed by atoms with Gasteiger partial charge in [-0.05, 0) is 43.3 Å². The van der Waals surface area contributed by atoms with E-state index in [1.807, 2.05) is 0 Å². The minimum absolute atomic E-state index is 0.115. The lowest BCUT2D eigenvalue weighted by molar-refractivity contribution is -0.113. The average Bonchev–Trinajstić information content (AvgIpc) is 2.86. The van der Waals surface area contributed by atoms with Crippen molar-refractivity contribution in [2.24, 2.45) is 0 Å². The van der Waals surface area contributed by atoms with Gasteiger partial charge >= 0.3 is 6.09 Å². The number of nitrogens with zero attached hydrogens (tertiary/aromatic N) is 1. The molecule has 0 aliphatic carbocycles. The van der Waals surface area contributed by atoms with Gasteiger partial charge in [0.05, 0.1) is 48.1 Å². The smallest absolute Gasteiger partial charge is 0.410 e. The Morgan fingerprint density at radius 3 is 1.68 bits per heavy atom. The molecule has 1 heterocycles. The second-order valence-electron chi connectivity index (χ2n) is 7.44. The summed E-state index contributed by atoms with van der Waals surface area (Å²) >= 11 is 0. The fourth-order valence-corrected chi connectivity index (χ4v) is 3.63. The quantitative estimate of drug-likeness (QED) is 0.564. The second-order valence-corrected chi connectivity index (χ2v) is 7.44. The van der Waals surface area contributed by atoms with Crippen LogP contribution in [0.2, 0.25) is 0 Å². The number of carbonyl (C=O) groups excluding carboxylic acids is 2. The first-order chi connectivity index (χ1) is 16.4. The number of benzene rings is 2. The lowest BCUT2D eigenvalue weighted by atomic mass is 9.94. The van der Waals surface area contributed by atoms with Gasteiger partial charge in [-0.3, -0.25) is 9.69 Å². The number of methoxy groups -OCH3 is 4. The molecule has 0 spiro atoms. The van der Waals surface area contributed by atoms with E-state index in [0.717, 1.165) is 0 Å². The van der Waals surface area contributed by atoms with Crippen LogP contribution >= 0.6 is 0 Å². The van der Waals surface area contributed by atoms with Crippen molar-refractivity contribution in [3.05, 3.63) is 58.7 Å². The average molecular weight is 468 g/mol. The maximum Gasteiger partial charge on any atom is 0.410 e. The number of piperidine rings is 1. The molecule has 0 bridgehead atoms. The van der Waals surface area contributed by atoms with Gasteiger partial charge in [-0.2, -0.15) is 0 Å². The molecule has 3 rings (SSSR count). The molecule has 2 aromatic carbocycles. The van der Waals surface area contributed by atoms with E-state index in [1.165, 1.54) is 4.90 Å². The number of rotatable bonds is 7. The van der Waals surface area contributed by atoms with Crippen molar-refractivity contribution >= 4 is 24.0 Å². The number of hydrogen-bond acceptors (Lipinski definition) is 7. The molecule has 8 heteroatoms. The Bertz CT molecular complexity index is 1040. The molecule has 1 aliphatic heterocycles. The Balaban J connectivity index is 2.06. The maximum absolute atomic E-state index is 13.5. The van der Waals surface area contributed by atoms with Gasteiger partial charge in [0.1, 0.15) is 23.0 Å². The molecule has 2 aromatic rings. The molecular formula is C26H29NO7. The zero-order valence-corrected chi connectivity index (χ0v) is 20.0. The van der Waals surface area contributed by atoms with Gasteiger partial charge in [-0.15, -0.1) is 0 Å². The van der Waals surface area contributed by atoms with Crippen molar-refractivity contribution < 1.29 is 33.3 Å². The number of ketones is 1. The number of amides is 1. The number of carbonyl (C=O) groups is 2. The highest BCUT2D eigenvalue weighted by Gasteiger charge is 2.30. The molecule has 1 fully saturated rings. The summed E-state index contributed by atoms with van der Waals surface area (Å²) in [5, 5.41) is 0. The number of ether oxygens (including phenoxy) is 5. The summed E-state index contributed by atoms with van der Waals surface area (Å²) in [6, 6.07) is 10.6. The fraction of sp³-hybridized carbons (Fsp3) is 0.308. The summed E-state index contributed by atoms with van der Waals surface area (Å²) in [4.78, 5) is 27.5.